The summed E-state index contributed by atoms with van der Waals surface area (Å²) in [6, 6.07) is 11.6. The lowest BCUT2D eigenvalue weighted by molar-refractivity contribution is -0.137. The first-order chi connectivity index (χ1) is 11.8. The number of fused-ring (bicyclic) bond motifs is 1. The highest BCUT2D eigenvalue weighted by Crippen LogP contribution is 2.31. The van der Waals surface area contributed by atoms with Crippen LogP contribution in [-0.4, -0.2) is 5.91 Å². The van der Waals surface area contributed by atoms with Crippen LogP contribution in [0.15, 0.2) is 52.9 Å². The molecule has 3 rings (SSSR count). The van der Waals surface area contributed by atoms with Crippen LogP contribution in [-0.2, 0) is 6.18 Å². The Kier molecular flexibility index (Phi) is 4.29. The Balaban J connectivity index is 1.84. The summed E-state index contributed by atoms with van der Waals surface area (Å²) in [5, 5.41) is 3.53. The van der Waals surface area contributed by atoms with Gasteiger partial charge in [0.15, 0.2) is 5.76 Å². The molecule has 1 N–H and O–H groups in total. The van der Waals surface area contributed by atoms with Crippen LogP contribution in [0.3, 0.4) is 0 Å². The maximum atomic E-state index is 12.8. The van der Waals surface area contributed by atoms with Gasteiger partial charge in [0.1, 0.15) is 5.58 Å². The molecule has 0 spiro atoms. The highest BCUT2D eigenvalue weighted by Gasteiger charge is 2.31. The normalized spacial score (nSPS) is 13.0. The zero-order valence-corrected chi connectivity index (χ0v) is 13.6. The van der Waals surface area contributed by atoms with Gasteiger partial charge < -0.3 is 9.73 Å². The summed E-state index contributed by atoms with van der Waals surface area (Å²) in [6.07, 6.45) is -4.42. The maximum absolute atomic E-state index is 12.8. The predicted octanol–water partition coefficient (Wildman–Crippen LogP) is 5.25. The minimum atomic E-state index is -4.42. The van der Waals surface area contributed by atoms with Crippen molar-refractivity contribution in [3.05, 3.63) is 71.0 Å². The van der Waals surface area contributed by atoms with Crippen LogP contribution >= 0.6 is 0 Å². The summed E-state index contributed by atoms with van der Waals surface area (Å²) in [5.41, 5.74) is 0.921. The molecule has 0 unspecified atom stereocenters. The zero-order valence-electron chi connectivity index (χ0n) is 13.6. The van der Waals surface area contributed by atoms with Crippen LogP contribution < -0.4 is 5.32 Å². The van der Waals surface area contributed by atoms with Gasteiger partial charge in [0, 0.05) is 10.9 Å². The fraction of sp³-hybridized carbons (Fsp3) is 0.211. The van der Waals surface area contributed by atoms with E-state index in [1.54, 1.807) is 32.0 Å². The Morgan fingerprint density at radius 1 is 1.12 bits per heavy atom. The molecule has 0 saturated carbocycles. The topological polar surface area (TPSA) is 42.2 Å². The van der Waals surface area contributed by atoms with Crippen LogP contribution in [0.4, 0.5) is 13.2 Å². The molecule has 0 saturated heterocycles. The summed E-state index contributed by atoms with van der Waals surface area (Å²) in [4.78, 5) is 12.5. The van der Waals surface area contributed by atoms with Crippen LogP contribution in [0.1, 0.15) is 40.2 Å². The Morgan fingerprint density at radius 2 is 1.84 bits per heavy atom. The monoisotopic (exact) mass is 347 g/mol. The summed E-state index contributed by atoms with van der Waals surface area (Å²) >= 11 is 0. The quantitative estimate of drug-likeness (QED) is 0.703. The highest BCUT2D eigenvalue weighted by atomic mass is 19.4. The second-order valence-electron chi connectivity index (χ2n) is 5.87. The number of halogens is 3. The lowest BCUT2D eigenvalue weighted by Gasteiger charge is -2.15. The van der Waals surface area contributed by atoms with Gasteiger partial charge in [0.05, 0.1) is 11.6 Å². The number of aryl methyl sites for hydroxylation is 1. The highest BCUT2D eigenvalue weighted by molar-refractivity contribution is 5.99. The van der Waals surface area contributed by atoms with E-state index in [2.05, 4.69) is 5.32 Å². The number of hydrogen-bond acceptors (Lipinski definition) is 2. The number of amides is 1. The third-order valence-corrected chi connectivity index (χ3v) is 4.11. The molecular weight excluding hydrogens is 331 g/mol. The van der Waals surface area contributed by atoms with Crippen molar-refractivity contribution < 1.29 is 22.4 Å². The summed E-state index contributed by atoms with van der Waals surface area (Å²) in [7, 11) is 0. The van der Waals surface area contributed by atoms with Crippen molar-refractivity contribution in [2.45, 2.75) is 26.1 Å². The Morgan fingerprint density at radius 3 is 2.52 bits per heavy atom. The van der Waals surface area contributed by atoms with Gasteiger partial charge in [-0.05, 0) is 37.6 Å². The van der Waals surface area contributed by atoms with Crippen molar-refractivity contribution >= 4 is 16.9 Å². The zero-order chi connectivity index (χ0) is 18.2. The average molecular weight is 347 g/mol. The molecule has 2 aromatic carbocycles. The number of nitrogens with one attached hydrogen (secondary N) is 1. The van der Waals surface area contributed by atoms with E-state index in [0.29, 0.717) is 16.7 Å². The van der Waals surface area contributed by atoms with Crippen molar-refractivity contribution in [2.24, 2.45) is 0 Å². The Bertz CT molecular complexity index is 928. The molecule has 3 nitrogen and oxygen atoms in total. The summed E-state index contributed by atoms with van der Waals surface area (Å²) in [6.45, 7) is 3.40. The smallest absolute Gasteiger partial charge is 0.416 e. The van der Waals surface area contributed by atoms with E-state index in [-0.39, 0.29) is 5.76 Å². The van der Waals surface area contributed by atoms with Crippen LogP contribution in [0.2, 0.25) is 0 Å². The number of rotatable bonds is 3. The van der Waals surface area contributed by atoms with Crippen molar-refractivity contribution in [1.82, 2.24) is 5.32 Å². The molecule has 1 aromatic heterocycles. The standard InChI is InChI=1S/C19H16F3NO2/c1-11-15-8-3-4-9-16(15)25-17(11)18(24)23-12(2)13-6-5-7-14(10-13)19(20,21)22/h3-10,12H,1-2H3,(H,23,24)/t12-/m1/s1. The predicted molar refractivity (Wildman–Crippen MR) is 88.3 cm³/mol. The largest absolute Gasteiger partial charge is 0.451 e. The SMILES string of the molecule is Cc1c(C(=O)N[C@H](C)c2cccc(C(F)(F)F)c2)oc2ccccc12. The number of hydrogen-bond donors (Lipinski definition) is 1. The third kappa shape index (κ3) is 3.38. The van der Waals surface area contributed by atoms with Crippen LogP contribution in [0.5, 0.6) is 0 Å². The van der Waals surface area contributed by atoms with Gasteiger partial charge in [-0.1, -0.05) is 30.3 Å². The van der Waals surface area contributed by atoms with Crippen LogP contribution in [0.25, 0.3) is 11.0 Å². The third-order valence-electron chi connectivity index (χ3n) is 4.11. The van der Waals surface area contributed by atoms with Crippen LogP contribution in [0, 0.1) is 6.92 Å². The van der Waals surface area contributed by atoms with Gasteiger partial charge in [-0.15, -0.1) is 0 Å². The molecule has 0 aliphatic heterocycles. The molecule has 6 heteroatoms. The molecule has 0 fully saturated rings. The molecular formula is C19H16F3NO2. The minimum absolute atomic E-state index is 0.167. The first-order valence-electron chi connectivity index (χ1n) is 7.73. The number of para-hydroxylation sites is 1. The second-order valence-corrected chi connectivity index (χ2v) is 5.87. The molecule has 130 valence electrons. The number of carbonyl (C=O) groups is 1. The first-order valence-corrected chi connectivity index (χ1v) is 7.73. The molecule has 0 radical (unpaired) electrons. The second kappa shape index (κ2) is 6.27. The van der Waals surface area contributed by atoms with E-state index < -0.39 is 23.7 Å². The average Bonchev–Trinajstić information content (AvgIpc) is 2.91. The van der Waals surface area contributed by atoms with E-state index in [1.165, 1.54) is 6.07 Å². The van der Waals surface area contributed by atoms with E-state index in [0.717, 1.165) is 17.5 Å². The maximum Gasteiger partial charge on any atom is 0.416 e. The lowest BCUT2D eigenvalue weighted by atomic mass is 10.0. The molecule has 1 amide bonds. The first kappa shape index (κ1) is 17.1. The molecule has 1 atom stereocenters. The number of furan rings is 1. The van der Waals surface area contributed by atoms with Crippen molar-refractivity contribution in [2.75, 3.05) is 0 Å². The van der Waals surface area contributed by atoms with Gasteiger partial charge in [-0.3, -0.25) is 4.79 Å². The Labute approximate surface area is 142 Å². The van der Waals surface area contributed by atoms with E-state index in [1.807, 2.05) is 12.1 Å². The van der Waals surface area contributed by atoms with E-state index in [9.17, 15) is 18.0 Å². The molecule has 0 bridgehead atoms. The number of carbonyl (C=O) groups excluding carboxylic acids is 1. The van der Waals surface area contributed by atoms with Gasteiger partial charge in [0.25, 0.3) is 5.91 Å². The minimum Gasteiger partial charge on any atom is -0.451 e. The van der Waals surface area contributed by atoms with E-state index >= 15 is 0 Å². The van der Waals surface area contributed by atoms with Crippen molar-refractivity contribution in [1.29, 1.82) is 0 Å². The molecule has 3 aromatic rings. The summed E-state index contributed by atoms with van der Waals surface area (Å²) < 4.78 is 44.1. The van der Waals surface area contributed by atoms with E-state index in [4.69, 9.17) is 4.42 Å². The fourth-order valence-corrected chi connectivity index (χ4v) is 2.72. The molecule has 0 aliphatic rings. The molecule has 1 heterocycles. The van der Waals surface area contributed by atoms with Gasteiger partial charge in [0.2, 0.25) is 0 Å². The van der Waals surface area contributed by atoms with Gasteiger partial charge in [-0.25, -0.2) is 0 Å². The summed E-state index contributed by atoms with van der Waals surface area (Å²) in [5.74, 6) is -0.293. The van der Waals surface area contributed by atoms with Crippen molar-refractivity contribution in [3.63, 3.8) is 0 Å². The Hall–Kier alpha value is -2.76. The lowest BCUT2D eigenvalue weighted by Crippen LogP contribution is -2.27. The molecule has 25 heavy (non-hydrogen) atoms. The van der Waals surface area contributed by atoms with Gasteiger partial charge >= 0.3 is 6.18 Å². The fourth-order valence-electron chi connectivity index (χ4n) is 2.72. The van der Waals surface area contributed by atoms with Crippen molar-refractivity contribution in [3.8, 4) is 0 Å². The number of alkyl halides is 3. The molecule has 0 aliphatic carbocycles. The number of benzene rings is 2. The van der Waals surface area contributed by atoms with Gasteiger partial charge in [-0.2, -0.15) is 13.2 Å².